The van der Waals surface area contributed by atoms with Crippen LogP contribution in [0.4, 0.5) is 5.69 Å². The van der Waals surface area contributed by atoms with E-state index in [9.17, 15) is 0 Å². The molecule has 0 bridgehead atoms. The Balaban J connectivity index is 0.000000186. The zero-order chi connectivity index (χ0) is 26.2. The molecule has 0 radical (unpaired) electrons. The fraction of sp³-hybridized carbons (Fsp3) is 0.818. The van der Waals surface area contributed by atoms with Crippen molar-refractivity contribution in [3.63, 3.8) is 0 Å². The highest BCUT2D eigenvalue weighted by Gasteiger charge is 2.24. The van der Waals surface area contributed by atoms with E-state index in [1.54, 1.807) is 0 Å². The molecular formula is C33H58N4. The van der Waals surface area contributed by atoms with Gasteiger partial charge in [0.05, 0.1) is 0 Å². The van der Waals surface area contributed by atoms with Crippen molar-refractivity contribution in [2.75, 3.05) is 77.4 Å². The molecule has 2 saturated heterocycles. The first-order valence-corrected chi connectivity index (χ1v) is 15.8. The van der Waals surface area contributed by atoms with Crippen molar-refractivity contribution in [2.24, 2.45) is 23.7 Å². The Morgan fingerprint density at radius 2 is 1.08 bits per heavy atom. The Kier molecular flexibility index (Phi) is 11.2. The van der Waals surface area contributed by atoms with Crippen molar-refractivity contribution in [2.45, 2.75) is 79.1 Å². The van der Waals surface area contributed by atoms with Crippen LogP contribution in [0.2, 0.25) is 0 Å². The predicted octanol–water partition coefficient (Wildman–Crippen LogP) is 6.31. The smallest absolute Gasteiger partial charge is 0.0399 e. The summed E-state index contributed by atoms with van der Waals surface area (Å²) in [5.74, 6) is 3.93. The molecule has 4 heteroatoms. The standard InChI is InChI=1S/C20H32N2.C13H26N2/c1-16-7-9-19(10-8-16)15-21-11-13-22(14-12-21)20-6-4-5-17(2)18(20)3;1-12-3-5-13(6-4-12)11-15-9-7-14(2)8-10-15/h4-6,16,19H,7-15H2,1-3H3;12-13H,3-11H2,1-2H3. The fourth-order valence-electron chi connectivity index (χ4n) is 7.03. The quantitative estimate of drug-likeness (QED) is 0.460. The molecule has 0 unspecified atom stereocenters. The molecule has 4 aliphatic rings. The zero-order valence-corrected chi connectivity index (χ0v) is 25.1. The van der Waals surface area contributed by atoms with Crippen LogP contribution in [0.1, 0.15) is 76.3 Å². The van der Waals surface area contributed by atoms with Crippen molar-refractivity contribution in [1.82, 2.24) is 14.7 Å². The molecular weight excluding hydrogens is 452 g/mol. The fourth-order valence-corrected chi connectivity index (χ4v) is 7.03. The van der Waals surface area contributed by atoms with Crippen LogP contribution in [0.25, 0.3) is 0 Å². The Morgan fingerprint density at radius 3 is 1.57 bits per heavy atom. The minimum Gasteiger partial charge on any atom is -0.369 e. The number of anilines is 1. The molecule has 2 saturated carbocycles. The SMILES string of the molecule is CC1CCC(CN2CCN(C)CC2)CC1.Cc1cccc(N2CCN(CC3CCC(C)CC3)CC2)c1C. The average Bonchev–Trinajstić information content (AvgIpc) is 2.91. The topological polar surface area (TPSA) is 13.0 Å². The van der Waals surface area contributed by atoms with Gasteiger partial charge in [0, 0.05) is 71.1 Å². The van der Waals surface area contributed by atoms with E-state index in [1.807, 2.05) is 0 Å². The molecule has 1 aromatic carbocycles. The van der Waals surface area contributed by atoms with Gasteiger partial charge in [0.25, 0.3) is 0 Å². The van der Waals surface area contributed by atoms with E-state index in [2.05, 4.69) is 72.5 Å². The van der Waals surface area contributed by atoms with Crippen LogP contribution in [0.15, 0.2) is 18.2 Å². The Morgan fingerprint density at radius 1 is 0.622 bits per heavy atom. The van der Waals surface area contributed by atoms with Gasteiger partial charge in [0.2, 0.25) is 0 Å². The van der Waals surface area contributed by atoms with Crippen LogP contribution < -0.4 is 4.90 Å². The van der Waals surface area contributed by atoms with Gasteiger partial charge in [-0.15, -0.1) is 0 Å². The second-order valence-electron chi connectivity index (χ2n) is 13.4. The maximum Gasteiger partial charge on any atom is 0.0399 e. The molecule has 2 aliphatic carbocycles. The molecule has 5 rings (SSSR count). The van der Waals surface area contributed by atoms with Gasteiger partial charge in [-0.2, -0.15) is 0 Å². The van der Waals surface area contributed by atoms with Gasteiger partial charge >= 0.3 is 0 Å². The van der Waals surface area contributed by atoms with Gasteiger partial charge in [-0.3, -0.25) is 4.90 Å². The predicted molar refractivity (Wildman–Crippen MR) is 161 cm³/mol. The van der Waals surface area contributed by atoms with Crippen LogP contribution >= 0.6 is 0 Å². The Bertz CT molecular complexity index is 758. The number of likely N-dealkylation sites (N-methyl/N-ethyl adjacent to an activating group) is 1. The summed E-state index contributed by atoms with van der Waals surface area (Å²) in [4.78, 5) is 10.4. The van der Waals surface area contributed by atoms with E-state index < -0.39 is 0 Å². The van der Waals surface area contributed by atoms with E-state index in [0.29, 0.717) is 0 Å². The molecule has 4 fully saturated rings. The van der Waals surface area contributed by atoms with Crippen LogP contribution in [0.5, 0.6) is 0 Å². The van der Waals surface area contributed by atoms with Gasteiger partial charge in [0.15, 0.2) is 0 Å². The lowest BCUT2D eigenvalue weighted by atomic mass is 9.83. The molecule has 2 heterocycles. The van der Waals surface area contributed by atoms with Gasteiger partial charge in [-0.05, 0) is 87.4 Å². The van der Waals surface area contributed by atoms with Gasteiger partial charge < -0.3 is 14.7 Å². The molecule has 0 spiro atoms. The summed E-state index contributed by atoms with van der Waals surface area (Å²) in [6.07, 6.45) is 11.7. The van der Waals surface area contributed by atoms with Gasteiger partial charge in [-0.25, -0.2) is 0 Å². The highest BCUT2D eigenvalue weighted by Crippen LogP contribution is 2.30. The maximum atomic E-state index is 2.71. The number of aryl methyl sites for hydroxylation is 1. The molecule has 37 heavy (non-hydrogen) atoms. The number of hydrogen-bond donors (Lipinski definition) is 0. The number of hydrogen-bond acceptors (Lipinski definition) is 4. The van der Waals surface area contributed by atoms with E-state index in [0.717, 1.165) is 23.7 Å². The number of piperazine rings is 2. The molecule has 0 aromatic heterocycles. The highest BCUT2D eigenvalue weighted by atomic mass is 15.3. The minimum atomic E-state index is 0.962. The van der Waals surface area contributed by atoms with Crippen LogP contribution in [-0.2, 0) is 0 Å². The van der Waals surface area contributed by atoms with Crippen LogP contribution in [0.3, 0.4) is 0 Å². The molecule has 0 N–H and O–H groups in total. The molecule has 4 nitrogen and oxygen atoms in total. The Labute approximate surface area is 229 Å². The van der Waals surface area contributed by atoms with E-state index in [4.69, 9.17) is 0 Å². The first kappa shape index (κ1) is 28.9. The van der Waals surface area contributed by atoms with Crippen LogP contribution in [-0.4, -0.2) is 87.2 Å². The van der Waals surface area contributed by atoms with Gasteiger partial charge in [-0.1, -0.05) is 51.7 Å². The second-order valence-corrected chi connectivity index (χ2v) is 13.4. The van der Waals surface area contributed by atoms with Crippen molar-refractivity contribution < 1.29 is 0 Å². The first-order chi connectivity index (χ1) is 17.9. The Hall–Kier alpha value is -1.10. The molecule has 2 aliphatic heterocycles. The summed E-state index contributed by atoms with van der Waals surface area (Å²) in [6, 6.07) is 6.72. The monoisotopic (exact) mass is 510 g/mol. The minimum absolute atomic E-state index is 0.962. The molecule has 210 valence electrons. The van der Waals surface area contributed by atoms with Crippen molar-refractivity contribution in [1.29, 1.82) is 0 Å². The normalized spacial score (nSPS) is 30.6. The lowest BCUT2D eigenvalue weighted by Crippen LogP contribution is -2.48. The van der Waals surface area contributed by atoms with Crippen LogP contribution in [0, 0.1) is 37.5 Å². The highest BCUT2D eigenvalue weighted by molar-refractivity contribution is 5.56. The first-order valence-electron chi connectivity index (χ1n) is 15.8. The third-order valence-electron chi connectivity index (χ3n) is 10.2. The maximum absolute atomic E-state index is 2.71. The third-order valence-corrected chi connectivity index (χ3v) is 10.2. The number of rotatable bonds is 5. The largest absolute Gasteiger partial charge is 0.369 e. The van der Waals surface area contributed by atoms with Crippen molar-refractivity contribution >= 4 is 5.69 Å². The number of benzene rings is 1. The lowest BCUT2D eigenvalue weighted by molar-refractivity contribution is 0.120. The van der Waals surface area contributed by atoms with Crippen molar-refractivity contribution in [3.05, 3.63) is 29.3 Å². The summed E-state index contributed by atoms with van der Waals surface area (Å²) in [6.45, 7) is 22.0. The van der Waals surface area contributed by atoms with Crippen molar-refractivity contribution in [3.8, 4) is 0 Å². The summed E-state index contributed by atoms with van der Waals surface area (Å²) in [5, 5.41) is 0. The van der Waals surface area contributed by atoms with E-state index >= 15 is 0 Å². The molecule has 0 atom stereocenters. The van der Waals surface area contributed by atoms with Gasteiger partial charge in [0.1, 0.15) is 0 Å². The second kappa shape index (κ2) is 14.3. The summed E-state index contributed by atoms with van der Waals surface area (Å²) >= 11 is 0. The summed E-state index contributed by atoms with van der Waals surface area (Å²) in [7, 11) is 2.24. The summed E-state index contributed by atoms with van der Waals surface area (Å²) < 4.78 is 0. The average molecular weight is 511 g/mol. The van der Waals surface area contributed by atoms with E-state index in [-0.39, 0.29) is 0 Å². The van der Waals surface area contributed by atoms with E-state index in [1.165, 1.54) is 134 Å². The zero-order valence-electron chi connectivity index (χ0n) is 25.1. The summed E-state index contributed by atoms with van der Waals surface area (Å²) in [5.41, 5.74) is 4.32. The number of nitrogens with zero attached hydrogens (tertiary/aromatic N) is 4. The third kappa shape index (κ3) is 8.97. The molecule has 1 aromatic rings. The lowest BCUT2D eigenvalue weighted by Gasteiger charge is -2.39. The molecule has 0 amide bonds.